The van der Waals surface area contributed by atoms with Crippen molar-refractivity contribution < 1.29 is 42.1 Å². The molecule has 1 spiro atoms. The third-order valence-electron chi connectivity index (χ3n) is 9.29. The van der Waals surface area contributed by atoms with Crippen molar-refractivity contribution in [1.29, 1.82) is 0 Å². The van der Waals surface area contributed by atoms with Crippen LogP contribution in [0.1, 0.15) is 42.9 Å². The van der Waals surface area contributed by atoms with Crippen molar-refractivity contribution in [3.05, 3.63) is 59.2 Å². The molecule has 2 aromatic rings. The van der Waals surface area contributed by atoms with E-state index in [-0.39, 0.29) is 17.7 Å². The smallest absolute Gasteiger partial charge is 0.483 e. The van der Waals surface area contributed by atoms with Crippen molar-refractivity contribution in [2.45, 2.75) is 68.2 Å². The maximum absolute atomic E-state index is 13.4. The molecule has 2 heterocycles. The number of esters is 1. The van der Waals surface area contributed by atoms with Gasteiger partial charge in [-0.3, -0.25) is 9.59 Å². The number of carbonyl (C=O) groups excluding carboxylic acids is 2. The lowest BCUT2D eigenvalue weighted by Gasteiger charge is -2.64. The molecule has 2 aromatic carbocycles. The first-order valence-corrected chi connectivity index (χ1v) is 13.6. The Morgan fingerprint density at radius 2 is 2.00 bits per heavy atom. The van der Waals surface area contributed by atoms with Gasteiger partial charge < -0.3 is 29.1 Å². The maximum Gasteiger partial charge on any atom is 0.573 e. The number of nitrogens with zero attached hydrogens (tertiary/aromatic N) is 2. The summed E-state index contributed by atoms with van der Waals surface area (Å²) in [6.07, 6.45) is -0.507. The highest BCUT2D eigenvalue weighted by Crippen LogP contribution is 2.65. The van der Waals surface area contributed by atoms with Crippen LogP contribution in [0.25, 0.3) is 6.08 Å². The number of hydrogen-bond donors (Lipinski definition) is 1. The highest BCUT2D eigenvalue weighted by Gasteiger charge is 2.73. The van der Waals surface area contributed by atoms with E-state index in [2.05, 4.69) is 9.64 Å². The molecule has 41 heavy (non-hydrogen) atoms. The molecule has 1 saturated heterocycles. The van der Waals surface area contributed by atoms with E-state index in [1.165, 1.54) is 37.3 Å². The number of piperidine rings is 1. The van der Waals surface area contributed by atoms with Crippen molar-refractivity contribution in [1.82, 2.24) is 9.80 Å². The van der Waals surface area contributed by atoms with Gasteiger partial charge in [-0.15, -0.1) is 13.2 Å². The lowest BCUT2D eigenvalue weighted by Crippen LogP contribution is -2.77. The number of alkyl halides is 3. The zero-order chi connectivity index (χ0) is 29.3. The van der Waals surface area contributed by atoms with Crippen LogP contribution in [-0.2, 0) is 21.4 Å². The summed E-state index contributed by atoms with van der Waals surface area (Å²) >= 11 is 0. The normalized spacial score (nSPS) is 30.0. The fourth-order valence-electron chi connectivity index (χ4n) is 7.61. The highest BCUT2D eigenvalue weighted by molar-refractivity contribution is 5.92. The van der Waals surface area contributed by atoms with Crippen molar-refractivity contribution in [3.8, 4) is 17.2 Å². The molecule has 1 saturated carbocycles. The Balaban J connectivity index is 1.33. The molecular weight excluding hydrogens is 541 g/mol. The molecule has 5 atom stereocenters. The Hall–Kier alpha value is -3.57. The van der Waals surface area contributed by atoms with Gasteiger partial charge in [0.05, 0.1) is 17.1 Å². The summed E-state index contributed by atoms with van der Waals surface area (Å²) in [5.41, 5.74) is 0.377. The molecule has 6 rings (SSSR count). The number of hydrogen-bond acceptors (Lipinski definition) is 7. The first-order chi connectivity index (χ1) is 19.3. The molecule has 2 fully saturated rings. The standard InChI is InChI=1S/C30H31F3N2O6/c1-17(36)39-22-9-8-19-16-23-29(38)12-11-21(27-28(29,13-14-34(23)2)25(19)26(22)40-27)35(3)24(37)10-7-18-5-4-6-20(15-18)41-30(31,32)33/h4-10,15,21,23,27,38H,11-14,16H2,1-3H3/b10-7+/t21?,23-,27?,28+,29-/m1/s1. The number of aliphatic hydroxyl groups is 1. The molecule has 2 unspecified atom stereocenters. The van der Waals surface area contributed by atoms with Crippen molar-refractivity contribution >= 4 is 18.0 Å². The second-order valence-electron chi connectivity index (χ2n) is 11.4. The summed E-state index contributed by atoms with van der Waals surface area (Å²) in [6.45, 7) is 2.05. The second-order valence-corrected chi connectivity index (χ2v) is 11.4. The van der Waals surface area contributed by atoms with E-state index in [1.54, 1.807) is 24.1 Å². The molecule has 2 bridgehead atoms. The van der Waals surface area contributed by atoms with E-state index in [0.29, 0.717) is 42.7 Å². The van der Waals surface area contributed by atoms with Crippen molar-refractivity contribution in [3.63, 3.8) is 0 Å². The summed E-state index contributed by atoms with van der Waals surface area (Å²) in [7, 11) is 3.68. The van der Waals surface area contributed by atoms with Crippen LogP contribution in [0.5, 0.6) is 17.2 Å². The first kappa shape index (κ1) is 27.6. The zero-order valence-electron chi connectivity index (χ0n) is 22.9. The Labute approximate surface area is 235 Å². The topological polar surface area (TPSA) is 88.5 Å². The van der Waals surface area contributed by atoms with E-state index < -0.39 is 35.5 Å². The lowest BCUT2D eigenvalue weighted by atomic mass is 9.48. The molecule has 1 amide bonds. The van der Waals surface area contributed by atoms with Crippen LogP contribution in [0, 0.1) is 0 Å². The highest BCUT2D eigenvalue weighted by atomic mass is 19.4. The average molecular weight is 573 g/mol. The van der Waals surface area contributed by atoms with Crippen molar-refractivity contribution in [2.24, 2.45) is 0 Å². The minimum absolute atomic E-state index is 0.131. The van der Waals surface area contributed by atoms with Gasteiger partial charge in [-0.1, -0.05) is 18.2 Å². The number of benzene rings is 2. The van der Waals surface area contributed by atoms with Crippen molar-refractivity contribution in [2.75, 3.05) is 20.6 Å². The predicted octanol–water partition coefficient (Wildman–Crippen LogP) is 3.83. The fraction of sp³-hybridized carbons (Fsp3) is 0.467. The zero-order valence-corrected chi connectivity index (χ0v) is 22.9. The summed E-state index contributed by atoms with van der Waals surface area (Å²) in [5, 5.41) is 12.4. The Bertz CT molecular complexity index is 1440. The summed E-state index contributed by atoms with van der Waals surface area (Å²) < 4.78 is 54.0. The van der Waals surface area contributed by atoms with Gasteiger partial charge in [0.2, 0.25) is 5.91 Å². The molecule has 4 aliphatic rings. The quantitative estimate of drug-likeness (QED) is 0.331. The molecule has 11 heteroatoms. The molecule has 2 aliphatic heterocycles. The molecule has 0 aromatic heterocycles. The number of carbonyl (C=O) groups is 2. The minimum Gasteiger partial charge on any atom is -0.483 e. The molecule has 0 radical (unpaired) electrons. The van der Waals surface area contributed by atoms with Crippen LogP contribution in [0.15, 0.2) is 42.5 Å². The van der Waals surface area contributed by atoms with Gasteiger partial charge >= 0.3 is 12.3 Å². The van der Waals surface area contributed by atoms with E-state index in [9.17, 15) is 27.9 Å². The number of ether oxygens (including phenoxy) is 3. The Morgan fingerprint density at radius 1 is 1.22 bits per heavy atom. The molecule has 1 N–H and O–H groups in total. The SMILES string of the molecule is CC(=O)Oc1ccc2c3c1OC1C(N(C)C(=O)/C=C/c4cccc(OC(F)(F)F)c4)CC[C@@]4(O)[C@@H](C2)N(C)CC[C@]314. The lowest BCUT2D eigenvalue weighted by molar-refractivity contribution is -0.274. The van der Waals surface area contributed by atoms with Crippen LogP contribution >= 0.6 is 0 Å². The monoisotopic (exact) mass is 572 g/mol. The van der Waals surface area contributed by atoms with Gasteiger partial charge in [0.25, 0.3) is 0 Å². The van der Waals surface area contributed by atoms with Gasteiger partial charge in [0, 0.05) is 31.7 Å². The number of amides is 1. The Kier molecular flexibility index (Phi) is 6.38. The molecule has 8 nitrogen and oxygen atoms in total. The number of rotatable bonds is 5. The number of halogens is 3. The largest absolute Gasteiger partial charge is 0.573 e. The minimum atomic E-state index is -4.82. The van der Waals surface area contributed by atoms with Crippen LogP contribution in [0.2, 0.25) is 0 Å². The van der Waals surface area contributed by atoms with E-state index in [1.807, 2.05) is 13.1 Å². The van der Waals surface area contributed by atoms with Crippen LogP contribution in [-0.4, -0.2) is 77.6 Å². The Morgan fingerprint density at radius 3 is 2.73 bits per heavy atom. The van der Waals surface area contributed by atoms with Crippen LogP contribution in [0.4, 0.5) is 13.2 Å². The molecule has 218 valence electrons. The van der Waals surface area contributed by atoms with E-state index >= 15 is 0 Å². The number of likely N-dealkylation sites (tertiary alicyclic amines) is 1. The van der Waals surface area contributed by atoms with Gasteiger partial charge in [0.1, 0.15) is 11.9 Å². The fourth-order valence-corrected chi connectivity index (χ4v) is 7.61. The van der Waals surface area contributed by atoms with Crippen LogP contribution < -0.4 is 14.2 Å². The second kappa shape index (κ2) is 9.49. The third kappa shape index (κ3) is 4.28. The van der Waals surface area contributed by atoms with Crippen LogP contribution in [0.3, 0.4) is 0 Å². The summed E-state index contributed by atoms with van der Waals surface area (Å²) in [6, 6.07) is 8.49. The maximum atomic E-state index is 13.4. The van der Waals surface area contributed by atoms with E-state index in [0.717, 1.165) is 17.7 Å². The van der Waals surface area contributed by atoms with Gasteiger partial charge in [-0.25, -0.2) is 0 Å². The van der Waals surface area contributed by atoms with E-state index in [4.69, 9.17) is 9.47 Å². The predicted molar refractivity (Wildman–Crippen MR) is 141 cm³/mol. The first-order valence-electron chi connectivity index (χ1n) is 13.6. The summed E-state index contributed by atoms with van der Waals surface area (Å²) in [4.78, 5) is 29.1. The third-order valence-corrected chi connectivity index (χ3v) is 9.29. The van der Waals surface area contributed by atoms with Gasteiger partial charge in [0.15, 0.2) is 11.5 Å². The van der Waals surface area contributed by atoms with Gasteiger partial charge in [-0.2, -0.15) is 0 Å². The number of likely N-dealkylation sites (N-methyl/N-ethyl adjacent to an activating group) is 2. The average Bonchev–Trinajstić information content (AvgIpc) is 3.25. The molecule has 2 aliphatic carbocycles. The van der Waals surface area contributed by atoms with Gasteiger partial charge in [-0.05, 0) is 74.7 Å². The molecular formula is C30H31F3N2O6. The summed E-state index contributed by atoms with van der Waals surface area (Å²) in [5.74, 6) is -0.471.